The predicted molar refractivity (Wildman–Crippen MR) is 47.6 cm³/mol. The Kier molecular flexibility index (Phi) is 2.97. The summed E-state index contributed by atoms with van der Waals surface area (Å²) in [5, 5.41) is 0.325. The maximum atomic E-state index is 10.6. The molecule has 0 bridgehead atoms. The van der Waals surface area contributed by atoms with Crippen molar-refractivity contribution in [1.29, 1.82) is 0 Å². The molecule has 5 nitrogen and oxygen atoms in total. The molecule has 1 heterocycles. The summed E-state index contributed by atoms with van der Waals surface area (Å²) in [6.45, 7) is 1.88. The van der Waals surface area contributed by atoms with Gasteiger partial charge in [0.1, 0.15) is 0 Å². The van der Waals surface area contributed by atoms with Crippen LogP contribution < -0.4 is 10.5 Å². The highest BCUT2D eigenvalue weighted by Gasteiger charge is 2.12. The van der Waals surface area contributed by atoms with Gasteiger partial charge >= 0.3 is 5.97 Å². The second kappa shape index (κ2) is 3.99. The van der Waals surface area contributed by atoms with E-state index in [1.54, 1.807) is 0 Å². The monoisotopic (exact) mass is 200 g/mol. The van der Waals surface area contributed by atoms with Gasteiger partial charge in [0.15, 0.2) is 5.13 Å². The zero-order valence-electron chi connectivity index (χ0n) is 6.94. The van der Waals surface area contributed by atoms with Gasteiger partial charge in [0.25, 0.3) is 0 Å². The van der Waals surface area contributed by atoms with E-state index in [-0.39, 0.29) is 12.2 Å². The Morgan fingerprint density at radius 3 is 3.00 bits per heavy atom. The number of anilines is 1. The van der Waals surface area contributed by atoms with Crippen molar-refractivity contribution in [3.63, 3.8) is 0 Å². The first kappa shape index (κ1) is 9.66. The van der Waals surface area contributed by atoms with Crippen molar-refractivity contribution in [2.45, 2.75) is 13.3 Å². The van der Waals surface area contributed by atoms with Gasteiger partial charge in [0.2, 0.25) is 12.2 Å². The van der Waals surface area contributed by atoms with E-state index in [2.05, 4.69) is 9.72 Å². The van der Waals surface area contributed by atoms with Gasteiger partial charge in [-0.25, -0.2) is 4.79 Å². The minimum Gasteiger partial charge on any atom is -0.401 e. The van der Waals surface area contributed by atoms with Crippen LogP contribution in [0.25, 0.3) is 0 Å². The van der Waals surface area contributed by atoms with E-state index < -0.39 is 5.97 Å². The molecule has 0 unspecified atom stereocenters. The summed E-state index contributed by atoms with van der Waals surface area (Å²) in [5.74, 6) is -0.817. The van der Waals surface area contributed by atoms with Crippen molar-refractivity contribution in [3.8, 4) is 5.88 Å². The summed E-state index contributed by atoms with van der Waals surface area (Å²) >= 11 is 1.24. The van der Waals surface area contributed by atoms with E-state index in [4.69, 9.17) is 5.73 Å². The zero-order chi connectivity index (χ0) is 9.84. The largest absolute Gasteiger partial charge is 0.401 e. The van der Waals surface area contributed by atoms with Crippen LogP contribution in [0.3, 0.4) is 0 Å². The van der Waals surface area contributed by atoms with Gasteiger partial charge in [-0.2, -0.15) is 4.98 Å². The van der Waals surface area contributed by atoms with E-state index in [1.807, 2.05) is 6.92 Å². The third-order valence-electron chi connectivity index (χ3n) is 1.29. The van der Waals surface area contributed by atoms with E-state index in [1.165, 1.54) is 11.3 Å². The standard InChI is InChI=1S/C7H8N2O3S/c1-2-4-6(9-7(8)13-4)12-5(11)3-10/h3H,2H2,1H3,(H2,8,9). The van der Waals surface area contributed by atoms with Gasteiger partial charge in [0, 0.05) is 0 Å². The maximum Gasteiger partial charge on any atom is 0.378 e. The van der Waals surface area contributed by atoms with Crippen LogP contribution in [0.1, 0.15) is 11.8 Å². The summed E-state index contributed by atoms with van der Waals surface area (Å²) in [4.78, 5) is 25.1. The van der Waals surface area contributed by atoms with Crippen molar-refractivity contribution in [3.05, 3.63) is 4.88 Å². The summed E-state index contributed by atoms with van der Waals surface area (Å²) in [5.41, 5.74) is 5.40. The van der Waals surface area contributed by atoms with Crippen molar-refractivity contribution >= 4 is 28.7 Å². The Balaban J connectivity index is 2.86. The number of carbonyl (C=O) groups is 2. The van der Waals surface area contributed by atoms with Crippen molar-refractivity contribution in [1.82, 2.24) is 4.98 Å². The molecule has 0 amide bonds. The number of nitrogens with zero attached hydrogens (tertiary/aromatic N) is 1. The lowest BCUT2D eigenvalue weighted by molar-refractivity contribution is -0.141. The molecule has 0 atom stereocenters. The fraction of sp³-hybridized carbons (Fsp3) is 0.286. The van der Waals surface area contributed by atoms with Gasteiger partial charge in [0.05, 0.1) is 4.88 Å². The van der Waals surface area contributed by atoms with Crippen LogP contribution in [-0.4, -0.2) is 17.2 Å². The molecule has 1 aromatic rings. The van der Waals surface area contributed by atoms with Gasteiger partial charge < -0.3 is 10.5 Å². The fourth-order valence-electron chi connectivity index (χ4n) is 0.778. The highest BCUT2D eigenvalue weighted by Crippen LogP contribution is 2.27. The third kappa shape index (κ3) is 2.25. The average Bonchev–Trinajstić information content (AvgIpc) is 2.46. The number of aryl methyl sites for hydroxylation is 1. The Morgan fingerprint density at radius 2 is 2.46 bits per heavy atom. The Bertz CT molecular complexity index is 334. The lowest BCUT2D eigenvalue weighted by atomic mass is 10.4. The Morgan fingerprint density at radius 1 is 1.77 bits per heavy atom. The van der Waals surface area contributed by atoms with Crippen LogP contribution in [0.5, 0.6) is 5.88 Å². The number of hydrogen-bond donors (Lipinski definition) is 1. The topological polar surface area (TPSA) is 82.3 Å². The number of aldehydes is 1. The molecule has 0 aliphatic heterocycles. The molecule has 13 heavy (non-hydrogen) atoms. The highest BCUT2D eigenvalue weighted by molar-refractivity contribution is 7.15. The van der Waals surface area contributed by atoms with E-state index in [9.17, 15) is 9.59 Å². The lowest BCUT2D eigenvalue weighted by Crippen LogP contribution is -2.09. The molecule has 2 N–H and O–H groups in total. The molecule has 1 aromatic heterocycles. The number of carbonyl (C=O) groups excluding carboxylic acids is 2. The molecule has 0 saturated carbocycles. The Hall–Kier alpha value is -1.43. The van der Waals surface area contributed by atoms with Crippen LogP contribution in [0.4, 0.5) is 5.13 Å². The second-order valence-electron chi connectivity index (χ2n) is 2.17. The lowest BCUT2D eigenvalue weighted by Gasteiger charge is -1.96. The van der Waals surface area contributed by atoms with E-state index in [0.29, 0.717) is 11.6 Å². The minimum absolute atomic E-state index is 0.0922. The number of nitrogen functional groups attached to an aromatic ring is 1. The van der Waals surface area contributed by atoms with Crippen LogP contribution in [-0.2, 0) is 16.0 Å². The summed E-state index contributed by atoms with van der Waals surface area (Å²) in [6, 6.07) is 0. The minimum atomic E-state index is -0.958. The van der Waals surface area contributed by atoms with Crippen molar-refractivity contribution in [2.24, 2.45) is 0 Å². The molecule has 0 saturated heterocycles. The summed E-state index contributed by atoms with van der Waals surface area (Å²) in [6.07, 6.45) is 0.755. The normalized spacial score (nSPS) is 9.62. The van der Waals surface area contributed by atoms with E-state index in [0.717, 1.165) is 4.88 Å². The number of esters is 1. The highest BCUT2D eigenvalue weighted by atomic mass is 32.1. The first-order valence-electron chi connectivity index (χ1n) is 3.59. The molecule has 0 radical (unpaired) electrons. The Labute approximate surface area is 78.5 Å². The van der Waals surface area contributed by atoms with Crippen molar-refractivity contribution < 1.29 is 14.3 Å². The molecule has 0 aliphatic rings. The average molecular weight is 200 g/mol. The molecular weight excluding hydrogens is 192 g/mol. The number of thiazole rings is 1. The van der Waals surface area contributed by atoms with Crippen LogP contribution in [0, 0.1) is 0 Å². The van der Waals surface area contributed by atoms with Crippen LogP contribution in [0.15, 0.2) is 0 Å². The molecule has 0 fully saturated rings. The number of hydrogen-bond acceptors (Lipinski definition) is 6. The van der Waals surface area contributed by atoms with Gasteiger partial charge in [-0.05, 0) is 6.42 Å². The number of ether oxygens (including phenoxy) is 1. The van der Waals surface area contributed by atoms with Gasteiger partial charge in [-0.3, -0.25) is 4.79 Å². The predicted octanol–water partition coefficient (Wildman–Crippen LogP) is 0.392. The van der Waals surface area contributed by atoms with Gasteiger partial charge in [-0.15, -0.1) is 0 Å². The smallest absolute Gasteiger partial charge is 0.378 e. The SMILES string of the molecule is CCc1sc(N)nc1OC(=O)C=O. The van der Waals surface area contributed by atoms with E-state index >= 15 is 0 Å². The molecule has 0 spiro atoms. The molecule has 1 rings (SSSR count). The number of rotatable bonds is 3. The zero-order valence-corrected chi connectivity index (χ0v) is 7.76. The first-order valence-corrected chi connectivity index (χ1v) is 4.41. The van der Waals surface area contributed by atoms with Crippen molar-refractivity contribution in [2.75, 3.05) is 5.73 Å². The third-order valence-corrected chi connectivity index (χ3v) is 2.30. The second-order valence-corrected chi connectivity index (χ2v) is 3.29. The summed E-state index contributed by atoms with van der Waals surface area (Å²) < 4.78 is 4.62. The summed E-state index contributed by atoms with van der Waals surface area (Å²) in [7, 11) is 0. The molecule has 6 heteroatoms. The molecule has 70 valence electrons. The maximum absolute atomic E-state index is 10.6. The van der Waals surface area contributed by atoms with Gasteiger partial charge in [-0.1, -0.05) is 18.3 Å². The number of aromatic nitrogens is 1. The van der Waals surface area contributed by atoms with Crippen LogP contribution >= 0.6 is 11.3 Å². The molecular formula is C7H8N2O3S. The number of nitrogens with two attached hydrogens (primary N) is 1. The molecule has 0 aliphatic carbocycles. The quantitative estimate of drug-likeness (QED) is 0.433. The van der Waals surface area contributed by atoms with Crippen LogP contribution in [0.2, 0.25) is 0 Å². The molecule has 0 aromatic carbocycles. The fourth-order valence-corrected chi connectivity index (χ4v) is 1.48. The first-order chi connectivity index (χ1) is 6.17.